The number of halogens is 1. The van der Waals surface area contributed by atoms with Gasteiger partial charge in [0.1, 0.15) is 0 Å². The lowest BCUT2D eigenvalue weighted by molar-refractivity contribution is 0.0624. The molecule has 226 valence electrons. The summed E-state index contributed by atoms with van der Waals surface area (Å²) in [7, 11) is 0. The average molecular weight is 604 g/mol. The largest absolute Gasteiger partial charge is 0.0890 e. The molecule has 0 saturated heterocycles. The summed E-state index contributed by atoms with van der Waals surface area (Å²) in [4.78, 5) is 0.655. The van der Waals surface area contributed by atoms with E-state index in [1.54, 1.807) is 0 Å². The van der Waals surface area contributed by atoms with Crippen LogP contribution in [0.1, 0.15) is 141 Å². The van der Waals surface area contributed by atoms with Crippen molar-refractivity contribution in [2.75, 3.05) is 0 Å². The molecule has 0 spiro atoms. The summed E-state index contributed by atoms with van der Waals surface area (Å²) in [6, 6.07) is 0. The normalized spacial score (nSPS) is 38.0. The Labute approximate surface area is 254 Å². The SMILES string of the molecule is CC(C)(C)C1CC(/C=C/C2CC(Br)CC(/C=C/C3CC(C(C)(C)C)CC(C(C)(C)C)C3)C2)CC(C(C)(C)C)C1. The summed E-state index contributed by atoms with van der Waals surface area (Å²) in [6.07, 6.45) is 23.0. The topological polar surface area (TPSA) is 0 Å². The molecule has 0 bridgehead atoms. The van der Waals surface area contributed by atoms with E-state index in [0.29, 0.717) is 26.5 Å². The molecule has 39 heavy (non-hydrogen) atoms. The van der Waals surface area contributed by atoms with Gasteiger partial charge < -0.3 is 0 Å². The molecule has 0 aromatic heterocycles. The number of hydrogen-bond acceptors (Lipinski definition) is 0. The highest BCUT2D eigenvalue weighted by atomic mass is 79.9. The van der Waals surface area contributed by atoms with Gasteiger partial charge in [-0.15, -0.1) is 0 Å². The van der Waals surface area contributed by atoms with E-state index < -0.39 is 0 Å². The molecule has 3 aliphatic rings. The van der Waals surface area contributed by atoms with E-state index in [9.17, 15) is 0 Å². The molecular weight excluding hydrogens is 536 g/mol. The first-order chi connectivity index (χ1) is 17.7. The predicted molar refractivity (Wildman–Crippen MR) is 178 cm³/mol. The third-order valence-corrected chi connectivity index (χ3v) is 12.2. The van der Waals surface area contributed by atoms with E-state index in [0.717, 1.165) is 47.3 Å². The quantitative estimate of drug-likeness (QED) is 0.221. The van der Waals surface area contributed by atoms with Gasteiger partial charge in [0.05, 0.1) is 0 Å². The van der Waals surface area contributed by atoms with Crippen molar-refractivity contribution in [3.63, 3.8) is 0 Å². The van der Waals surface area contributed by atoms with Gasteiger partial charge in [-0.25, -0.2) is 0 Å². The molecule has 0 N–H and O–H groups in total. The van der Waals surface area contributed by atoms with E-state index in [4.69, 9.17) is 0 Å². The zero-order chi connectivity index (χ0) is 29.4. The van der Waals surface area contributed by atoms with Crippen LogP contribution in [0.4, 0.5) is 0 Å². The van der Waals surface area contributed by atoms with Gasteiger partial charge in [-0.2, -0.15) is 0 Å². The van der Waals surface area contributed by atoms with Crippen molar-refractivity contribution in [2.24, 2.45) is 69.0 Å². The van der Waals surface area contributed by atoms with Crippen LogP contribution >= 0.6 is 15.9 Å². The Hall–Kier alpha value is -0.0400. The molecule has 0 aliphatic heterocycles. The maximum Gasteiger partial charge on any atom is 0.0157 e. The van der Waals surface area contributed by atoms with Crippen LogP contribution in [0.2, 0.25) is 0 Å². The second kappa shape index (κ2) is 12.7. The molecule has 3 aliphatic carbocycles. The number of allylic oxidation sites excluding steroid dienone is 4. The smallest absolute Gasteiger partial charge is 0.0157 e. The van der Waals surface area contributed by atoms with Crippen molar-refractivity contribution in [3.05, 3.63) is 24.3 Å². The van der Waals surface area contributed by atoms with E-state index in [-0.39, 0.29) is 0 Å². The minimum atomic E-state index is 0.412. The van der Waals surface area contributed by atoms with Crippen LogP contribution in [0.25, 0.3) is 0 Å². The Morgan fingerprint density at radius 3 is 0.821 bits per heavy atom. The number of alkyl halides is 1. The standard InChI is InChI=1S/C38H67Br/c1-35(2,3)30-18-28(19-31(24-30)36(4,5)6)15-13-26-17-27(23-34(39)22-26)14-16-29-20-32(37(7,8)9)25-33(21-29)38(10,11)12/h13-16,26-34H,17-25H2,1-12H3/b15-13+,16-14+. The Kier molecular flexibility index (Phi) is 10.9. The summed E-state index contributed by atoms with van der Waals surface area (Å²) in [5.41, 5.74) is 1.65. The monoisotopic (exact) mass is 602 g/mol. The Bertz CT molecular complexity index is 707. The van der Waals surface area contributed by atoms with Crippen LogP contribution in [-0.4, -0.2) is 4.83 Å². The lowest BCUT2D eigenvalue weighted by Gasteiger charge is -2.45. The van der Waals surface area contributed by atoms with Gasteiger partial charge in [-0.05, 0) is 127 Å². The molecule has 0 aromatic rings. The number of rotatable bonds is 4. The highest BCUT2D eigenvalue weighted by Crippen LogP contribution is 2.50. The lowest BCUT2D eigenvalue weighted by atomic mass is 9.60. The highest BCUT2D eigenvalue weighted by molar-refractivity contribution is 9.09. The summed E-state index contributed by atoms with van der Waals surface area (Å²) < 4.78 is 0. The molecular formula is C38H67Br. The van der Waals surface area contributed by atoms with Gasteiger partial charge in [-0.3, -0.25) is 0 Å². The van der Waals surface area contributed by atoms with Crippen LogP contribution in [0.15, 0.2) is 24.3 Å². The fourth-order valence-electron chi connectivity index (χ4n) is 8.15. The maximum atomic E-state index is 4.08. The summed E-state index contributed by atoms with van der Waals surface area (Å²) in [5, 5.41) is 0. The minimum Gasteiger partial charge on any atom is -0.0890 e. The second-order valence-corrected chi connectivity index (χ2v) is 20.1. The predicted octanol–water partition coefficient (Wildman–Crippen LogP) is 12.5. The molecule has 0 heterocycles. The van der Waals surface area contributed by atoms with E-state index in [1.807, 2.05) is 0 Å². The molecule has 3 saturated carbocycles. The minimum absolute atomic E-state index is 0.412. The maximum absolute atomic E-state index is 4.08. The molecule has 3 fully saturated rings. The summed E-state index contributed by atoms with van der Waals surface area (Å²) >= 11 is 4.08. The van der Waals surface area contributed by atoms with E-state index in [1.165, 1.54) is 57.8 Å². The highest BCUT2D eigenvalue weighted by Gasteiger charge is 2.40. The van der Waals surface area contributed by atoms with Gasteiger partial charge >= 0.3 is 0 Å². The van der Waals surface area contributed by atoms with Crippen molar-refractivity contribution >= 4 is 15.9 Å². The van der Waals surface area contributed by atoms with Crippen LogP contribution in [0.3, 0.4) is 0 Å². The first kappa shape index (κ1) is 33.5. The summed E-state index contributed by atoms with van der Waals surface area (Å²) in [6.45, 7) is 29.6. The first-order valence-corrected chi connectivity index (χ1v) is 17.6. The first-order valence-electron chi connectivity index (χ1n) is 16.7. The molecule has 0 radical (unpaired) electrons. The fourth-order valence-corrected chi connectivity index (χ4v) is 9.11. The average Bonchev–Trinajstić information content (AvgIpc) is 2.78. The van der Waals surface area contributed by atoms with Gasteiger partial charge in [0, 0.05) is 4.83 Å². The molecule has 0 nitrogen and oxygen atoms in total. The summed E-state index contributed by atoms with van der Waals surface area (Å²) in [5.74, 6) is 6.28. The van der Waals surface area contributed by atoms with Crippen LogP contribution < -0.4 is 0 Å². The van der Waals surface area contributed by atoms with Crippen molar-refractivity contribution in [1.29, 1.82) is 0 Å². The zero-order valence-corrected chi connectivity index (χ0v) is 29.8. The fraction of sp³-hybridized carbons (Fsp3) is 0.895. The van der Waals surface area contributed by atoms with Gasteiger partial charge in [-0.1, -0.05) is 123 Å². The van der Waals surface area contributed by atoms with Crippen molar-refractivity contribution < 1.29 is 0 Å². The molecule has 0 amide bonds. The molecule has 0 aromatic carbocycles. The number of hydrogen-bond donors (Lipinski definition) is 0. The van der Waals surface area contributed by atoms with Crippen molar-refractivity contribution in [2.45, 2.75) is 146 Å². The third-order valence-electron chi connectivity index (χ3n) is 11.4. The van der Waals surface area contributed by atoms with Gasteiger partial charge in [0.2, 0.25) is 0 Å². The third kappa shape index (κ3) is 10.0. The molecule has 1 heteroatoms. The Morgan fingerprint density at radius 2 is 0.590 bits per heavy atom. The van der Waals surface area contributed by atoms with Crippen LogP contribution in [0, 0.1) is 69.0 Å². The van der Waals surface area contributed by atoms with Crippen molar-refractivity contribution in [3.8, 4) is 0 Å². The van der Waals surface area contributed by atoms with Gasteiger partial charge in [0.25, 0.3) is 0 Å². The Morgan fingerprint density at radius 1 is 0.359 bits per heavy atom. The van der Waals surface area contributed by atoms with Crippen molar-refractivity contribution in [1.82, 2.24) is 0 Å². The van der Waals surface area contributed by atoms with E-state index in [2.05, 4.69) is 123 Å². The van der Waals surface area contributed by atoms with Gasteiger partial charge in [0.15, 0.2) is 0 Å². The zero-order valence-electron chi connectivity index (χ0n) is 28.2. The Balaban J connectivity index is 1.66. The second-order valence-electron chi connectivity index (χ2n) is 18.8. The van der Waals surface area contributed by atoms with Crippen LogP contribution in [0.5, 0.6) is 0 Å². The molecule has 3 rings (SSSR count). The molecule has 6 atom stereocenters. The molecule has 6 unspecified atom stereocenters. The lowest BCUT2D eigenvalue weighted by Crippen LogP contribution is -2.36. The van der Waals surface area contributed by atoms with E-state index >= 15 is 0 Å². The van der Waals surface area contributed by atoms with Crippen LogP contribution in [-0.2, 0) is 0 Å².